The summed E-state index contributed by atoms with van der Waals surface area (Å²) in [7, 11) is 0. The van der Waals surface area contributed by atoms with Crippen LogP contribution < -0.4 is 10.1 Å². The number of carbonyl (C=O) groups is 1. The van der Waals surface area contributed by atoms with Gasteiger partial charge in [0.1, 0.15) is 11.4 Å². The maximum Gasteiger partial charge on any atom is 0.417 e. The summed E-state index contributed by atoms with van der Waals surface area (Å²) < 4.78 is 9.02. The van der Waals surface area contributed by atoms with Crippen LogP contribution in [0.5, 0.6) is 5.75 Å². The average Bonchev–Trinajstić information content (AvgIpc) is 3.03. The molecule has 1 aromatic heterocycles. The normalized spacial score (nSPS) is 10.1. The maximum atomic E-state index is 11.7. The van der Waals surface area contributed by atoms with Crippen LogP contribution in [0, 0.1) is 0 Å². The molecule has 21 heavy (non-hydrogen) atoms. The summed E-state index contributed by atoms with van der Waals surface area (Å²) in [5, 5.41) is 8.49. The standard InChI is InChI=1S/C15H11N3O2S/c19-15(16-12-4-2-1-3-5-12)20-13-8-6-11(7-9-13)14-10-21-18-17-14/h1-10H,(H,16,19). The Bertz CT molecular complexity index is 712. The van der Waals surface area contributed by atoms with Gasteiger partial charge in [0.25, 0.3) is 0 Å². The Balaban J connectivity index is 1.64. The first-order valence-electron chi connectivity index (χ1n) is 6.22. The summed E-state index contributed by atoms with van der Waals surface area (Å²) in [6.45, 7) is 0. The molecule has 0 aliphatic heterocycles. The number of amides is 1. The molecule has 0 bridgehead atoms. The van der Waals surface area contributed by atoms with E-state index in [1.54, 1.807) is 24.3 Å². The quantitative estimate of drug-likeness (QED) is 0.798. The lowest BCUT2D eigenvalue weighted by Gasteiger charge is -2.06. The van der Waals surface area contributed by atoms with E-state index in [0.29, 0.717) is 11.4 Å². The number of nitrogens with one attached hydrogen (secondary N) is 1. The largest absolute Gasteiger partial charge is 0.417 e. The molecule has 1 N–H and O–H groups in total. The van der Waals surface area contributed by atoms with Crippen molar-refractivity contribution in [1.29, 1.82) is 0 Å². The number of rotatable bonds is 3. The molecule has 2 aromatic carbocycles. The highest BCUT2D eigenvalue weighted by Crippen LogP contribution is 2.21. The molecule has 0 spiro atoms. The second-order valence-electron chi connectivity index (χ2n) is 4.20. The minimum atomic E-state index is -0.524. The highest BCUT2D eigenvalue weighted by molar-refractivity contribution is 7.03. The molecule has 0 fully saturated rings. The number of para-hydroxylation sites is 1. The van der Waals surface area contributed by atoms with Gasteiger partial charge in [-0.2, -0.15) is 0 Å². The second kappa shape index (κ2) is 6.15. The number of hydrogen-bond donors (Lipinski definition) is 1. The fourth-order valence-electron chi connectivity index (χ4n) is 1.76. The van der Waals surface area contributed by atoms with Crippen LogP contribution >= 0.6 is 11.5 Å². The van der Waals surface area contributed by atoms with Crippen molar-refractivity contribution in [1.82, 2.24) is 9.59 Å². The van der Waals surface area contributed by atoms with Crippen molar-refractivity contribution in [2.24, 2.45) is 0 Å². The Hall–Kier alpha value is -2.73. The molecule has 104 valence electrons. The molecule has 1 heterocycles. The van der Waals surface area contributed by atoms with E-state index in [-0.39, 0.29) is 0 Å². The first-order valence-corrected chi connectivity index (χ1v) is 7.06. The van der Waals surface area contributed by atoms with Crippen molar-refractivity contribution >= 4 is 23.3 Å². The molecule has 0 radical (unpaired) electrons. The Morgan fingerprint density at radius 2 is 1.81 bits per heavy atom. The number of carbonyl (C=O) groups excluding carboxylic acids is 1. The first-order chi connectivity index (χ1) is 10.3. The molecule has 0 aliphatic rings. The fraction of sp³-hybridized carbons (Fsp3) is 0. The smallest absolute Gasteiger partial charge is 0.410 e. The topological polar surface area (TPSA) is 64.1 Å². The molecule has 0 aliphatic carbocycles. The number of anilines is 1. The van der Waals surface area contributed by atoms with Crippen LogP contribution in [-0.2, 0) is 0 Å². The van der Waals surface area contributed by atoms with Crippen LogP contribution in [0.3, 0.4) is 0 Å². The molecular weight excluding hydrogens is 286 g/mol. The molecule has 0 saturated carbocycles. The average molecular weight is 297 g/mol. The lowest BCUT2D eigenvalue weighted by atomic mass is 10.2. The van der Waals surface area contributed by atoms with E-state index in [2.05, 4.69) is 14.9 Å². The summed E-state index contributed by atoms with van der Waals surface area (Å²) in [5.41, 5.74) is 2.42. The minimum Gasteiger partial charge on any atom is -0.410 e. The zero-order valence-corrected chi connectivity index (χ0v) is 11.7. The third kappa shape index (κ3) is 3.43. The van der Waals surface area contributed by atoms with Gasteiger partial charge in [0.2, 0.25) is 0 Å². The van der Waals surface area contributed by atoms with Crippen LogP contribution in [0.2, 0.25) is 0 Å². The Labute approximate surface area is 125 Å². The SMILES string of the molecule is O=C(Nc1ccccc1)Oc1ccc(-c2csnn2)cc1. The second-order valence-corrected chi connectivity index (χ2v) is 4.80. The third-order valence-electron chi connectivity index (χ3n) is 2.74. The summed E-state index contributed by atoms with van der Waals surface area (Å²) in [4.78, 5) is 11.7. The van der Waals surface area contributed by atoms with Crippen LogP contribution in [0.25, 0.3) is 11.3 Å². The van der Waals surface area contributed by atoms with Crippen LogP contribution in [0.4, 0.5) is 10.5 Å². The summed E-state index contributed by atoms with van der Waals surface area (Å²) >= 11 is 1.29. The highest BCUT2D eigenvalue weighted by Gasteiger charge is 2.06. The van der Waals surface area contributed by atoms with Crippen LogP contribution in [-0.4, -0.2) is 15.7 Å². The van der Waals surface area contributed by atoms with Crippen molar-refractivity contribution in [3.05, 3.63) is 60.0 Å². The van der Waals surface area contributed by atoms with Crippen molar-refractivity contribution < 1.29 is 9.53 Å². The van der Waals surface area contributed by atoms with E-state index in [4.69, 9.17) is 4.74 Å². The van der Waals surface area contributed by atoms with Gasteiger partial charge >= 0.3 is 6.09 Å². The number of hydrogen-bond acceptors (Lipinski definition) is 5. The minimum absolute atomic E-state index is 0.468. The molecule has 6 heteroatoms. The monoisotopic (exact) mass is 297 g/mol. The summed E-state index contributed by atoms with van der Waals surface area (Å²) in [6, 6.07) is 16.3. The van der Waals surface area contributed by atoms with Gasteiger partial charge in [0, 0.05) is 16.6 Å². The van der Waals surface area contributed by atoms with Gasteiger partial charge < -0.3 is 4.74 Å². The number of aromatic nitrogens is 2. The van der Waals surface area contributed by atoms with Crippen molar-refractivity contribution in [3.63, 3.8) is 0 Å². The van der Waals surface area contributed by atoms with Gasteiger partial charge in [-0.15, -0.1) is 5.10 Å². The Morgan fingerprint density at radius 1 is 1.05 bits per heavy atom. The van der Waals surface area contributed by atoms with Crippen LogP contribution in [0.15, 0.2) is 60.0 Å². The number of nitrogens with zero attached hydrogens (tertiary/aromatic N) is 2. The molecule has 0 atom stereocenters. The number of benzene rings is 2. The predicted molar refractivity (Wildman–Crippen MR) is 81.4 cm³/mol. The maximum absolute atomic E-state index is 11.7. The van der Waals surface area contributed by atoms with Gasteiger partial charge in [0.15, 0.2) is 0 Å². The molecule has 3 aromatic rings. The van der Waals surface area contributed by atoms with Crippen LogP contribution in [0.1, 0.15) is 0 Å². The third-order valence-corrected chi connectivity index (χ3v) is 3.25. The van der Waals surface area contributed by atoms with Gasteiger partial charge in [-0.25, -0.2) is 4.79 Å². The fourth-order valence-corrected chi connectivity index (χ4v) is 2.22. The Morgan fingerprint density at radius 3 is 2.48 bits per heavy atom. The lowest BCUT2D eigenvalue weighted by Crippen LogP contribution is -2.16. The summed E-state index contributed by atoms with van der Waals surface area (Å²) in [5.74, 6) is 0.468. The zero-order valence-electron chi connectivity index (χ0n) is 10.9. The van der Waals surface area contributed by atoms with E-state index in [9.17, 15) is 4.79 Å². The van der Waals surface area contributed by atoms with E-state index in [1.165, 1.54) is 11.5 Å². The molecule has 0 unspecified atom stereocenters. The van der Waals surface area contributed by atoms with E-state index in [0.717, 1.165) is 11.3 Å². The van der Waals surface area contributed by atoms with Gasteiger partial charge in [-0.1, -0.05) is 22.7 Å². The first kappa shape index (κ1) is 13.3. The Kier molecular flexibility index (Phi) is 3.88. The lowest BCUT2D eigenvalue weighted by molar-refractivity contribution is 0.215. The van der Waals surface area contributed by atoms with Gasteiger partial charge in [-0.3, -0.25) is 5.32 Å². The molecule has 1 amide bonds. The van der Waals surface area contributed by atoms with Gasteiger partial charge in [0.05, 0.1) is 0 Å². The summed E-state index contributed by atoms with van der Waals surface area (Å²) in [6.07, 6.45) is -0.524. The van der Waals surface area contributed by atoms with Crippen molar-refractivity contribution in [3.8, 4) is 17.0 Å². The van der Waals surface area contributed by atoms with Gasteiger partial charge in [-0.05, 0) is 47.9 Å². The van der Waals surface area contributed by atoms with Crippen molar-refractivity contribution in [2.45, 2.75) is 0 Å². The molecule has 5 nitrogen and oxygen atoms in total. The molecule has 3 rings (SSSR count). The predicted octanol–water partition coefficient (Wildman–Crippen LogP) is 3.82. The number of ether oxygens (including phenoxy) is 1. The zero-order chi connectivity index (χ0) is 14.5. The van der Waals surface area contributed by atoms with E-state index in [1.807, 2.05) is 35.7 Å². The molecule has 0 saturated heterocycles. The van der Waals surface area contributed by atoms with E-state index >= 15 is 0 Å². The van der Waals surface area contributed by atoms with E-state index < -0.39 is 6.09 Å². The molecular formula is C15H11N3O2S. The van der Waals surface area contributed by atoms with Crippen molar-refractivity contribution in [2.75, 3.05) is 5.32 Å². The highest BCUT2D eigenvalue weighted by atomic mass is 32.1.